The Balaban J connectivity index is 0.000000449. The second-order valence-electron chi connectivity index (χ2n) is 13.3. The lowest BCUT2D eigenvalue weighted by molar-refractivity contribution is -0.134. The zero-order valence-electron chi connectivity index (χ0n) is 27.1. The van der Waals surface area contributed by atoms with Gasteiger partial charge in [-0.05, 0) is 61.5 Å². The Morgan fingerprint density at radius 3 is 2.56 bits per heavy atom. The van der Waals surface area contributed by atoms with E-state index in [2.05, 4.69) is 23.1 Å². The Bertz CT molecular complexity index is 1650. The molecular formula is C37H42N2O9. The number of hydrogen-bond donors (Lipinski definition) is 3. The van der Waals surface area contributed by atoms with Gasteiger partial charge >= 0.3 is 11.9 Å². The highest BCUT2D eigenvalue weighted by Gasteiger charge is 2.52. The van der Waals surface area contributed by atoms with Crippen LogP contribution >= 0.6 is 0 Å². The number of Topliss-reactive ketones (excluding diaryl/α,β-unsaturated/α-hetero) is 1. The number of unbranched alkanes of at least 4 members (excludes halogenated alkanes) is 2. The summed E-state index contributed by atoms with van der Waals surface area (Å²) in [6.45, 7) is 3.36. The first-order valence-electron chi connectivity index (χ1n) is 16.6. The number of aliphatic carboxylic acids is 2. The van der Waals surface area contributed by atoms with Crippen LogP contribution in [0.15, 0.2) is 54.6 Å². The number of nitrogens with zero attached hydrogens (tertiary/aromatic N) is 2. The van der Waals surface area contributed by atoms with Crippen LogP contribution in [0.25, 0.3) is 0 Å². The van der Waals surface area contributed by atoms with E-state index in [1.165, 1.54) is 11.1 Å². The van der Waals surface area contributed by atoms with E-state index in [1.54, 1.807) is 7.11 Å². The fraction of sp³-hybridized carbons (Fsp3) is 0.459. The van der Waals surface area contributed by atoms with Gasteiger partial charge in [-0.2, -0.15) is 0 Å². The van der Waals surface area contributed by atoms with Gasteiger partial charge in [-0.3, -0.25) is 14.5 Å². The first kappa shape index (κ1) is 33.4. The molecule has 2 aromatic rings. The summed E-state index contributed by atoms with van der Waals surface area (Å²) in [5.74, 6) is -0.561. The van der Waals surface area contributed by atoms with Crippen LogP contribution in [0.5, 0.6) is 11.5 Å². The maximum absolute atomic E-state index is 13.1. The van der Waals surface area contributed by atoms with Crippen molar-refractivity contribution in [1.29, 1.82) is 0 Å². The van der Waals surface area contributed by atoms with Gasteiger partial charge in [0.2, 0.25) is 5.91 Å². The Hall–Kier alpha value is -4.48. The molecule has 5 aliphatic rings. The average molecular weight is 659 g/mol. The predicted octanol–water partition coefficient (Wildman–Crippen LogP) is 3.82. The molecule has 0 bridgehead atoms. The number of carbonyl (C=O) groups excluding carboxylic acids is 2. The Labute approximate surface area is 279 Å². The van der Waals surface area contributed by atoms with Crippen molar-refractivity contribution in [2.75, 3.05) is 31.6 Å². The minimum absolute atomic E-state index is 0.0716. The summed E-state index contributed by atoms with van der Waals surface area (Å²) < 4.78 is 12.1. The number of aliphatic hydroxyl groups is 1. The van der Waals surface area contributed by atoms with Crippen molar-refractivity contribution in [3.8, 4) is 11.5 Å². The van der Waals surface area contributed by atoms with Crippen molar-refractivity contribution < 1.29 is 44.0 Å². The van der Waals surface area contributed by atoms with Crippen LogP contribution in [0.2, 0.25) is 0 Å². The second-order valence-corrected chi connectivity index (χ2v) is 13.3. The normalized spacial score (nSPS) is 24.9. The molecule has 7 rings (SSSR count). The van der Waals surface area contributed by atoms with Gasteiger partial charge in [-0.1, -0.05) is 42.8 Å². The van der Waals surface area contributed by atoms with Crippen molar-refractivity contribution in [3.05, 3.63) is 76.9 Å². The fourth-order valence-corrected chi connectivity index (χ4v) is 7.98. The van der Waals surface area contributed by atoms with E-state index in [0.29, 0.717) is 43.7 Å². The highest BCUT2D eigenvalue weighted by Crippen LogP contribution is 2.55. The first-order valence-corrected chi connectivity index (χ1v) is 16.6. The molecule has 254 valence electrons. The van der Waals surface area contributed by atoms with Gasteiger partial charge in [0.1, 0.15) is 11.9 Å². The molecule has 0 saturated heterocycles. The summed E-state index contributed by atoms with van der Waals surface area (Å²) in [4.78, 5) is 49.1. The van der Waals surface area contributed by atoms with Crippen molar-refractivity contribution in [2.45, 2.75) is 75.5 Å². The van der Waals surface area contributed by atoms with Gasteiger partial charge in [0, 0.05) is 49.6 Å². The lowest BCUT2D eigenvalue weighted by atomic mass is 9.69. The topological polar surface area (TPSA) is 154 Å². The molecule has 1 aliphatic carbocycles. The Morgan fingerprint density at radius 2 is 1.81 bits per heavy atom. The molecule has 11 heteroatoms. The quantitative estimate of drug-likeness (QED) is 0.195. The number of anilines is 1. The Kier molecular flexibility index (Phi) is 9.70. The molecule has 4 atom stereocenters. The van der Waals surface area contributed by atoms with Crippen LogP contribution in [0.4, 0.5) is 5.69 Å². The molecule has 0 aromatic heterocycles. The first-order chi connectivity index (χ1) is 23.1. The maximum atomic E-state index is 13.1. The molecule has 4 aliphatic heterocycles. The lowest BCUT2D eigenvalue weighted by Gasteiger charge is -2.36. The molecule has 2 aromatic carbocycles. The minimum Gasteiger partial charge on any atom is -0.493 e. The molecule has 1 amide bonds. The van der Waals surface area contributed by atoms with Crippen LogP contribution in [0.3, 0.4) is 0 Å². The van der Waals surface area contributed by atoms with Gasteiger partial charge in [0.25, 0.3) is 0 Å². The minimum atomic E-state index is -1.26. The highest BCUT2D eigenvalue weighted by atomic mass is 16.5. The molecule has 3 N–H and O–H groups in total. The van der Waals surface area contributed by atoms with E-state index in [4.69, 9.17) is 19.7 Å². The molecule has 11 nitrogen and oxygen atoms in total. The lowest BCUT2D eigenvalue weighted by Crippen LogP contribution is -2.43. The molecule has 48 heavy (non-hydrogen) atoms. The summed E-state index contributed by atoms with van der Waals surface area (Å²) in [5, 5.41) is 25.9. The number of carboxylic acids is 2. The number of carboxylic acid groups (broad SMARTS) is 2. The monoisotopic (exact) mass is 658 g/mol. The van der Waals surface area contributed by atoms with E-state index in [0.717, 1.165) is 80.1 Å². The summed E-state index contributed by atoms with van der Waals surface area (Å²) in [7, 11) is 1.68. The van der Waals surface area contributed by atoms with Crippen molar-refractivity contribution >= 4 is 29.3 Å². The second kappa shape index (κ2) is 13.9. The number of ketones is 1. The molecule has 0 radical (unpaired) electrons. The van der Waals surface area contributed by atoms with Gasteiger partial charge in [-0.15, -0.1) is 0 Å². The molecule has 1 spiro atoms. The van der Waals surface area contributed by atoms with E-state index >= 15 is 0 Å². The maximum Gasteiger partial charge on any atom is 0.328 e. The Morgan fingerprint density at radius 1 is 1.04 bits per heavy atom. The number of ether oxygens (including phenoxy) is 2. The van der Waals surface area contributed by atoms with E-state index in [9.17, 15) is 24.3 Å². The summed E-state index contributed by atoms with van der Waals surface area (Å²) >= 11 is 0. The van der Waals surface area contributed by atoms with E-state index in [1.807, 2.05) is 29.2 Å². The largest absolute Gasteiger partial charge is 0.493 e. The van der Waals surface area contributed by atoms with Crippen molar-refractivity contribution in [3.63, 3.8) is 0 Å². The van der Waals surface area contributed by atoms with Crippen molar-refractivity contribution in [1.82, 2.24) is 4.90 Å². The third kappa shape index (κ3) is 6.61. The van der Waals surface area contributed by atoms with Gasteiger partial charge in [-0.25, -0.2) is 9.59 Å². The number of carbonyl (C=O) groups is 4. The molecular weight excluding hydrogens is 616 g/mol. The van der Waals surface area contributed by atoms with Gasteiger partial charge < -0.3 is 29.7 Å². The summed E-state index contributed by atoms with van der Waals surface area (Å²) in [5.41, 5.74) is 5.64. The third-order valence-corrected chi connectivity index (χ3v) is 10.2. The molecule has 4 heterocycles. The number of aliphatic hydroxyl groups excluding tert-OH is 1. The molecule has 0 fully saturated rings. The molecule has 0 saturated carbocycles. The predicted molar refractivity (Wildman–Crippen MR) is 176 cm³/mol. The third-order valence-electron chi connectivity index (χ3n) is 10.2. The van der Waals surface area contributed by atoms with Crippen LogP contribution < -0.4 is 14.4 Å². The van der Waals surface area contributed by atoms with Crippen molar-refractivity contribution in [2.24, 2.45) is 5.92 Å². The molecule has 1 unspecified atom stereocenters. The van der Waals surface area contributed by atoms with Crippen LogP contribution in [0, 0.1) is 5.92 Å². The van der Waals surface area contributed by atoms with Crippen LogP contribution in [-0.2, 0) is 44.0 Å². The average Bonchev–Trinajstić information content (AvgIpc) is 3.51. The van der Waals surface area contributed by atoms with E-state index in [-0.39, 0.29) is 23.3 Å². The van der Waals surface area contributed by atoms with Crippen LogP contribution in [-0.4, -0.2) is 82.8 Å². The van der Waals surface area contributed by atoms with Gasteiger partial charge in [0.05, 0.1) is 30.7 Å². The zero-order chi connectivity index (χ0) is 34.0. The smallest absolute Gasteiger partial charge is 0.328 e. The number of para-hydroxylation sites is 1. The number of hydrogen-bond acceptors (Lipinski definition) is 8. The standard InChI is InChI=1S/C33H38N2O5.C4H4O4/c1-39-27-10-9-23-19-34(15-13-33-12-11-25(36)18-28(33)40-32(27)30(23)33)14-4-2-3-8-26(37)24-16-21-6-5-7-22-17-29(38)35(20-24)31(21)22;5-3(6)1-2-4(7)8/h5-7,9-12,24-25,28,36H,2-4,8,13-20H2,1H3;1-2H,(H,5,6)(H,7,8)/b;2-1+/t24?,25-,28-,33-;/m0./s1. The summed E-state index contributed by atoms with van der Waals surface area (Å²) in [6.07, 6.45) is 11.0. The zero-order valence-corrected chi connectivity index (χ0v) is 27.1. The fourth-order valence-electron chi connectivity index (χ4n) is 7.98. The summed E-state index contributed by atoms with van der Waals surface area (Å²) in [6, 6.07) is 10.3. The number of amides is 1. The number of methoxy groups -OCH3 is 1. The SMILES string of the molecule is COc1ccc2c3c1O[C@H]1C[C@@H](O)C=C[C@@]31CCN(CCCCCC(=O)C1Cc3cccc4c3N(C1)C(=O)C4)C2.O=C(O)/C=C/C(=O)O. The number of benzene rings is 2. The van der Waals surface area contributed by atoms with E-state index < -0.39 is 18.0 Å². The number of rotatable bonds is 10. The van der Waals surface area contributed by atoms with Crippen LogP contribution in [0.1, 0.15) is 60.8 Å². The highest BCUT2D eigenvalue weighted by molar-refractivity contribution is 6.03. The van der Waals surface area contributed by atoms with Gasteiger partial charge in [0.15, 0.2) is 11.5 Å².